The fourth-order valence-electron chi connectivity index (χ4n) is 7.89. The minimum Gasteiger partial charge on any atom is -0.462 e. The summed E-state index contributed by atoms with van der Waals surface area (Å²) in [6.45, 7) is 6.55. The van der Waals surface area contributed by atoms with Crippen molar-refractivity contribution in [1.29, 1.82) is 0 Å². The Morgan fingerprint density at radius 2 is 0.567 bits per heavy atom. The molecule has 0 amide bonds. The van der Waals surface area contributed by atoms with Crippen LogP contribution in [0.3, 0.4) is 0 Å². The van der Waals surface area contributed by atoms with Crippen molar-refractivity contribution < 1.29 is 28.6 Å². The molecule has 0 saturated heterocycles. The van der Waals surface area contributed by atoms with Gasteiger partial charge in [-0.3, -0.25) is 14.4 Å². The Hall–Kier alpha value is -3.15. The lowest BCUT2D eigenvalue weighted by Crippen LogP contribution is -2.30. The number of rotatable bonds is 51. The number of hydrogen-bond acceptors (Lipinski definition) is 6. The fourth-order valence-corrected chi connectivity index (χ4v) is 7.89. The molecule has 0 N–H and O–H groups in total. The maximum Gasteiger partial charge on any atom is 0.306 e. The highest BCUT2D eigenvalue weighted by Gasteiger charge is 2.19. The van der Waals surface area contributed by atoms with Crippen LogP contribution in [0.15, 0.2) is 72.9 Å². The topological polar surface area (TPSA) is 78.9 Å². The van der Waals surface area contributed by atoms with Gasteiger partial charge in [-0.2, -0.15) is 0 Å². The van der Waals surface area contributed by atoms with Gasteiger partial charge < -0.3 is 14.2 Å². The van der Waals surface area contributed by atoms with E-state index in [0.29, 0.717) is 19.3 Å². The van der Waals surface area contributed by atoms with Gasteiger partial charge in [0.2, 0.25) is 0 Å². The molecule has 0 aromatic rings. The highest BCUT2D eigenvalue weighted by atomic mass is 16.6. The van der Waals surface area contributed by atoms with Gasteiger partial charge in [-0.1, -0.05) is 248 Å². The maximum absolute atomic E-state index is 12.8. The van der Waals surface area contributed by atoms with Crippen molar-refractivity contribution in [3.8, 4) is 0 Å². The van der Waals surface area contributed by atoms with E-state index < -0.39 is 6.10 Å². The van der Waals surface area contributed by atoms with Crippen molar-refractivity contribution in [2.45, 2.75) is 284 Å². The summed E-state index contributed by atoms with van der Waals surface area (Å²) in [6.07, 6.45) is 70.4. The molecule has 0 unspecified atom stereocenters. The highest BCUT2D eigenvalue weighted by molar-refractivity contribution is 5.71. The van der Waals surface area contributed by atoms with E-state index in [2.05, 4.69) is 87.6 Å². The Labute approximate surface area is 414 Å². The summed E-state index contributed by atoms with van der Waals surface area (Å²) in [7, 11) is 0. The molecular weight excluding hydrogens is 829 g/mol. The molecule has 0 heterocycles. The number of unbranched alkanes of at least 4 members (excludes halogenated alkanes) is 28. The molecule has 0 rings (SSSR count). The first-order valence-electron chi connectivity index (χ1n) is 28.4. The van der Waals surface area contributed by atoms with Crippen LogP contribution < -0.4 is 0 Å². The summed E-state index contributed by atoms with van der Waals surface area (Å²) in [5.41, 5.74) is 0. The van der Waals surface area contributed by atoms with E-state index in [1.165, 1.54) is 154 Å². The molecule has 386 valence electrons. The lowest BCUT2D eigenvalue weighted by atomic mass is 10.0. The quantitative estimate of drug-likeness (QED) is 0.0262. The Morgan fingerprint density at radius 1 is 0.299 bits per heavy atom. The van der Waals surface area contributed by atoms with Crippen molar-refractivity contribution in [3.63, 3.8) is 0 Å². The summed E-state index contributed by atoms with van der Waals surface area (Å²) >= 11 is 0. The number of hydrogen-bond donors (Lipinski definition) is 0. The molecule has 0 bridgehead atoms. The molecule has 0 aromatic heterocycles. The molecule has 0 aliphatic heterocycles. The van der Waals surface area contributed by atoms with E-state index in [1.807, 2.05) is 6.08 Å². The van der Waals surface area contributed by atoms with Crippen LogP contribution in [-0.2, 0) is 28.6 Å². The van der Waals surface area contributed by atoms with Crippen molar-refractivity contribution in [2.24, 2.45) is 0 Å². The molecular formula is C61H106O6. The Morgan fingerprint density at radius 3 is 0.970 bits per heavy atom. The molecule has 0 aliphatic carbocycles. The second-order valence-corrected chi connectivity index (χ2v) is 18.8. The van der Waals surface area contributed by atoms with Crippen molar-refractivity contribution in [1.82, 2.24) is 0 Å². The maximum atomic E-state index is 12.8. The van der Waals surface area contributed by atoms with Gasteiger partial charge >= 0.3 is 17.9 Å². The standard InChI is InChI=1S/C61H106O6/c1-4-7-10-13-16-19-22-25-28-29-30-31-34-36-39-42-45-48-51-54-60(63)66-57-58(67-61(64)55-52-49-46-43-40-37-33-27-24-21-18-15-12-9-6-3)56-65-59(62)53-50-47-44-41-38-35-32-26-23-20-17-14-11-8-5-2/h16,19,25,27-28,30-31,33,36,39,45,48,58H,4-15,17-18,20-24,26,29,32,34-35,37-38,40-44,46-47,49-57H2,1-3H3/b19-16-,28-25-,31-30-,33-27-,39-36-,48-45-/t58-/m0/s1. The van der Waals surface area contributed by atoms with Crippen LogP contribution >= 0.6 is 0 Å². The third-order valence-corrected chi connectivity index (χ3v) is 12.2. The summed E-state index contributed by atoms with van der Waals surface area (Å²) in [6, 6.07) is 0. The molecule has 0 saturated carbocycles. The molecule has 6 nitrogen and oxygen atoms in total. The number of allylic oxidation sites excluding steroid dienone is 12. The van der Waals surface area contributed by atoms with E-state index in [9.17, 15) is 14.4 Å². The van der Waals surface area contributed by atoms with Gasteiger partial charge in [0.05, 0.1) is 0 Å². The molecule has 0 aromatic carbocycles. The van der Waals surface area contributed by atoms with Crippen molar-refractivity contribution >= 4 is 17.9 Å². The summed E-state index contributed by atoms with van der Waals surface area (Å²) in [5.74, 6) is -0.986. The molecule has 0 aliphatic rings. The lowest BCUT2D eigenvalue weighted by molar-refractivity contribution is -0.166. The van der Waals surface area contributed by atoms with Gasteiger partial charge in [-0.25, -0.2) is 0 Å². The zero-order valence-corrected chi connectivity index (χ0v) is 44.2. The van der Waals surface area contributed by atoms with E-state index in [1.54, 1.807) is 0 Å². The first-order valence-corrected chi connectivity index (χ1v) is 28.4. The number of esters is 3. The average Bonchev–Trinajstić information content (AvgIpc) is 3.33. The Kier molecular flexibility index (Phi) is 52.8. The van der Waals surface area contributed by atoms with Crippen LogP contribution in [0.1, 0.15) is 278 Å². The zero-order chi connectivity index (χ0) is 48.6. The number of carbonyl (C=O) groups is 3. The van der Waals surface area contributed by atoms with E-state index in [-0.39, 0.29) is 37.5 Å². The summed E-state index contributed by atoms with van der Waals surface area (Å²) in [4.78, 5) is 38.1. The minimum atomic E-state index is -0.808. The van der Waals surface area contributed by atoms with E-state index in [0.717, 1.165) is 77.0 Å². The molecule has 0 radical (unpaired) electrons. The predicted molar refractivity (Wildman–Crippen MR) is 288 cm³/mol. The third kappa shape index (κ3) is 53.7. The smallest absolute Gasteiger partial charge is 0.306 e. The normalized spacial score (nSPS) is 12.6. The summed E-state index contributed by atoms with van der Waals surface area (Å²) < 4.78 is 16.8. The molecule has 0 fully saturated rings. The number of carbonyl (C=O) groups excluding carboxylic acids is 3. The van der Waals surface area contributed by atoms with E-state index >= 15 is 0 Å². The van der Waals surface area contributed by atoms with Gasteiger partial charge in [0, 0.05) is 19.3 Å². The van der Waals surface area contributed by atoms with Crippen LogP contribution in [0.4, 0.5) is 0 Å². The first-order chi connectivity index (χ1) is 33.0. The zero-order valence-electron chi connectivity index (χ0n) is 44.2. The van der Waals surface area contributed by atoms with Gasteiger partial charge in [0.1, 0.15) is 13.2 Å². The van der Waals surface area contributed by atoms with Crippen molar-refractivity contribution in [2.75, 3.05) is 13.2 Å². The van der Waals surface area contributed by atoms with Gasteiger partial charge in [0.25, 0.3) is 0 Å². The van der Waals surface area contributed by atoms with Gasteiger partial charge in [-0.05, 0) is 83.5 Å². The van der Waals surface area contributed by atoms with Gasteiger partial charge in [0.15, 0.2) is 6.10 Å². The highest BCUT2D eigenvalue weighted by Crippen LogP contribution is 2.15. The molecule has 6 heteroatoms. The monoisotopic (exact) mass is 935 g/mol. The minimum absolute atomic E-state index is 0.0993. The average molecular weight is 936 g/mol. The SMILES string of the molecule is CCCCC/C=C\C/C=C\C/C=C\C/C=C\C/C=C\CCC(=O)OC[C@H](COC(=O)CCCCCCCCCCCCCCCCC)OC(=O)CCCCCCC/C=C\CCCCCCCC. The lowest BCUT2D eigenvalue weighted by Gasteiger charge is -2.18. The van der Waals surface area contributed by atoms with Crippen LogP contribution in [0, 0.1) is 0 Å². The molecule has 0 spiro atoms. The van der Waals surface area contributed by atoms with E-state index in [4.69, 9.17) is 14.2 Å². The predicted octanol–water partition coefficient (Wildman–Crippen LogP) is 19.0. The summed E-state index contributed by atoms with van der Waals surface area (Å²) in [5, 5.41) is 0. The second-order valence-electron chi connectivity index (χ2n) is 18.8. The number of ether oxygens (including phenoxy) is 3. The van der Waals surface area contributed by atoms with Crippen LogP contribution in [0.5, 0.6) is 0 Å². The second kappa shape index (κ2) is 55.4. The third-order valence-electron chi connectivity index (χ3n) is 12.2. The van der Waals surface area contributed by atoms with Crippen LogP contribution in [-0.4, -0.2) is 37.2 Å². The molecule has 1 atom stereocenters. The molecule has 67 heavy (non-hydrogen) atoms. The first kappa shape index (κ1) is 63.8. The fraction of sp³-hybridized carbons (Fsp3) is 0.754. The van der Waals surface area contributed by atoms with Gasteiger partial charge in [-0.15, -0.1) is 0 Å². The van der Waals surface area contributed by atoms with Crippen LogP contribution in [0.2, 0.25) is 0 Å². The van der Waals surface area contributed by atoms with Crippen LogP contribution in [0.25, 0.3) is 0 Å². The van der Waals surface area contributed by atoms with Crippen molar-refractivity contribution in [3.05, 3.63) is 72.9 Å². The largest absolute Gasteiger partial charge is 0.462 e. The Bertz CT molecular complexity index is 1260. The Balaban J connectivity index is 4.48.